The minimum atomic E-state index is -3.48. The fourth-order valence-corrected chi connectivity index (χ4v) is 4.13. The largest absolute Gasteiger partial charge is 0.392 e. The first kappa shape index (κ1) is 14.6. The number of nitrogens with two attached hydrogens (primary N) is 1. The van der Waals surface area contributed by atoms with Crippen molar-refractivity contribution < 1.29 is 8.42 Å². The fourth-order valence-electron chi connectivity index (χ4n) is 1.42. The molecule has 0 spiro atoms. The summed E-state index contributed by atoms with van der Waals surface area (Å²) in [6.07, 6.45) is 0.382. The van der Waals surface area contributed by atoms with Gasteiger partial charge in [0.05, 0.1) is 4.99 Å². The first-order chi connectivity index (χ1) is 7.88. The van der Waals surface area contributed by atoms with Crippen LogP contribution >= 0.6 is 23.6 Å². The lowest BCUT2D eigenvalue weighted by atomic mass is 10.2. The Morgan fingerprint density at radius 3 is 2.65 bits per heavy atom. The Kier molecular flexibility index (Phi) is 5.05. The van der Waals surface area contributed by atoms with E-state index >= 15 is 0 Å². The maximum atomic E-state index is 11.9. The summed E-state index contributed by atoms with van der Waals surface area (Å²) in [5.41, 5.74) is 7.49. The van der Waals surface area contributed by atoms with Crippen LogP contribution in [0.2, 0.25) is 0 Å². The molecule has 1 atom stereocenters. The molecule has 0 bridgehead atoms. The lowest BCUT2D eigenvalue weighted by Crippen LogP contribution is -2.41. The lowest BCUT2D eigenvalue weighted by molar-refractivity contribution is 0.574. The van der Waals surface area contributed by atoms with Gasteiger partial charge in [-0.15, -0.1) is 0 Å². The van der Waals surface area contributed by atoms with E-state index in [1.54, 1.807) is 18.3 Å². The summed E-state index contributed by atoms with van der Waals surface area (Å²) >= 11 is 6.32. The van der Waals surface area contributed by atoms with Gasteiger partial charge in [-0.25, -0.2) is 13.1 Å². The van der Waals surface area contributed by atoms with Gasteiger partial charge < -0.3 is 5.73 Å². The van der Waals surface area contributed by atoms with Crippen LogP contribution in [0.5, 0.6) is 0 Å². The molecule has 96 valence electrons. The maximum Gasteiger partial charge on any atom is 0.221 e. The van der Waals surface area contributed by atoms with Crippen molar-refractivity contribution in [3.63, 3.8) is 0 Å². The van der Waals surface area contributed by atoms with Crippen LogP contribution in [0.3, 0.4) is 0 Å². The van der Waals surface area contributed by atoms with Crippen molar-refractivity contribution in [2.24, 2.45) is 5.73 Å². The Morgan fingerprint density at radius 1 is 1.59 bits per heavy atom. The minimum absolute atomic E-state index is 0.0158. The van der Waals surface area contributed by atoms with Crippen molar-refractivity contribution in [2.45, 2.75) is 32.1 Å². The Labute approximate surface area is 111 Å². The van der Waals surface area contributed by atoms with Crippen LogP contribution in [0.1, 0.15) is 24.5 Å². The lowest BCUT2D eigenvalue weighted by Gasteiger charge is -2.15. The van der Waals surface area contributed by atoms with Crippen LogP contribution < -0.4 is 10.5 Å². The number of nitrogens with one attached hydrogen (secondary N) is 1. The summed E-state index contributed by atoms with van der Waals surface area (Å²) in [5.74, 6) is 0. The molecule has 1 unspecified atom stereocenters. The molecule has 0 saturated heterocycles. The van der Waals surface area contributed by atoms with E-state index in [-0.39, 0.29) is 11.5 Å². The van der Waals surface area contributed by atoms with Gasteiger partial charge in [0.1, 0.15) is 5.25 Å². The second-order valence-corrected chi connectivity index (χ2v) is 6.91. The summed E-state index contributed by atoms with van der Waals surface area (Å²) in [5, 5.41) is 3.12. The van der Waals surface area contributed by atoms with Gasteiger partial charge in [-0.1, -0.05) is 19.1 Å². The molecule has 4 nitrogen and oxygen atoms in total. The zero-order valence-electron chi connectivity index (χ0n) is 9.76. The minimum Gasteiger partial charge on any atom is -0.392 e. The molecular weight excluding hydrogens is 276 g/mol. The number of rotatable bonds is 6. The second-order valence-electron chi connectivity index (χ2n) is 3.75. The van der Waals surface area contributed by atoms with Crippen molar-refractivity contribution in [3.8, 4) is 0 Å². The second kappa shape index (κ2) is 5.90. The van der Waals surface area contributed by atoms with Gasteiger partial charge in [0.25, 0.3) is 0 Å². The normalized spacial score (nSPS) is 13.5. The molecule has 0 aliphatic heterocycles. The summed E-state index contributed by atoms with van der Waals surface area (Å²) in [6.45, 7) is 3.99. The van der Waals surface area contributed by atoms with Gasteiger partial charge in [0.15, 0.2) is 0 Å². The van der Waals surface area contributed by atoms with E-state index in [4.69, 9.17) is 18.0 Å². The molecule has 7 heteroatoms. The van der Waals surface area contributed by atoms with Crippen molar-refractivity contribution >= 4 is 38.6 Å². The third kappa shape index (κ3) is 3.74. The number of aryl methyl sites for hydroxylation is 1. The molecule has 1 heterocycles. The van der Waals surface area contributed by atoms with E-state index in [1.165, 1.54) is 0 Å². The van der Waals surface area contributed by atoms with E-state index < -0.39 is 15.3 Å². The molecule has 0 aromatic carbocycles. The van der Waals surface area contributed by atoms with Crippen molar-refractivity contribution in [1.82, 2.24) is 4.72 Å². The average molecular weight is 292 g/mol. The molecule has 17 heavy (non-hydrogen) atoms. The smallest absolute Gasteiger partial charge is 0.221 e. The van der Waals surface area contributed by atoms with Gasteiger partial charge in [0, 0.05) is 6.54 Å². The summed E-state index contributed by atoms with van der Waals surface area (Å²) in [4.78, 5) is 0.0158. The number of sulfonamides is 1. The number of hydrogen-bond acceptors (Lipinski definition) is 4. The number of hydrogen-bond donors (Lipinski definition) is 2. The van der Waals surface area contributed by atoms with E-state index in [1.807, 2.05) is 17.7 Å². The number of thiophene rings is 1. The highest BCUT2D eigenvalue weighted by Crippen LogP contribution is 2.14. The van der Waals surface area contributed by atoms with Gasteiger partial charge in [-0.2, -0.15) is 11.3 Å². The molecule has 1 aromatic rings. The summed E-state index contributed by atoms with van der Waals surface area (Å²) in [7, 11) is -3.48. The quantitative estimate of drug-likeness (QED) is 0.780. The van der Waals surface area contributed by atoms with Gasteiger partial charge in [-0.3, -0.25) is 0 Å². The molecule has 3 N–H and O–H groups in total. The Hall–Kier alpha value is -0.500. The zero-order valence-corrected chi connectivity index (χ0v) is 12.2. The number of thiocarbonyl (C=S) groups is 1. The standard InChI is InChI=1S/C10H16N2O2S3/c1-3-9(10(11)15)17(13,14)12-4-8-6-16-5-7(8)2/h5-6,9,12H,3-4H2,1-2H3,(H2,11,15). The first-order valence-electron chi connectivity index (χ1n) is 5.18. The van der Waals surface area contributed by atoms with Crippen LogP contribution in [0.25, 0.3) is 0 Å². The van der Waals surface area contributed by atoms with E-state index in [9.17, 15) is 8.42 Å². The van der Waals surface area contributed by atoms with E-state index in [0.29, 0.717) is 6.42 Å². The van der Waals surface area contributed by atoms with Crippen LogP contribution in [-0.4, -0.2) is 18.7 Å². The summed E-state index contributed by atoms with van der Waals surface area (Å²) in [6, 6.07) is 0. The van der Waals surface area contributed by atoms with Crippen LogP contribution in [-0.2, 0) is 16.6 Å². The Balaban J connectivity index is 2.74. The highest BCUT2D eigenvalue weighted by molar-refractivity contribution is 7.93. The SMILES string of the molecule is CCC(C(N)=S)S(=O)(=O)NCc1cscc1C. The average Bonchev–Trinajstić information content (AvgIpc) is 2.61. The van der Waals surface area contributed by atoms with Crippen molar-refractivity contribution in [2.75, 3.05) is 0 Å². The Morgan fingerprint density at radius 2 is 2.24 bits per heavy atom. The predicted octanol–water partition coefficient (Wildman–Crippen LogP) is 1.54. The first-order valence-corrected chi connectivity index (χ1v) is 8.07. The van der Waals surface area contributed by atoms with Gasteiger partial charge >= 0.3 is 0 Å². The molecule has 0 fully saturated rings. The van der Waals surface area contributed by atoms with Crippen molar-refractivity contribution in [3.05, 3.63) is 21.9 Å². The summed E-state index contributed by atoms with van der Waals surface area (Å²) < 4.78 is 26.4. The molecule has 0 aliphatic rings. The fraction of sp³-hybridized carbons (Fsp3) is 0.500. The van der Waals surface area contributed by atoms with Crippen LogP contribution in [0.15, 0.2) is 10.8 Å². The molecule has 0 radical (unpaired) electrons. The molecule has 0 saturated carbocycles. The zero-order chi connectivity index (χ0) is 13.1. The van der Waals surface area contributed by atoms with E-state index in [2.05, 4.69) is 4.72 Å². The molecule has 1 rings (SSSR count). The third-order valence-electron chi connectivity index (χ3n) is 2.49. The topological polar surface area (TPSA) is 72.2 Å². The van der Waals surface area contributed by atoms with Crippen molar-refractivity contribution in [1.29, 1.82) is 0 Å². The molecule has 1 aromatic heterocycles. The molecule has 0 aliphatic carbocycles. The van der Waals surface area contributed by atoms with Crippen LogP contribution in [0, 0.1) is 6.92 Å². The highest BCUT2D eigenvalue weighted by atomic mass is 32.2. The van der Waals surface area contributed by atoms with Crippen LogP contribution in [0.4, 0.5) is 0 Å². The van der Waals surface area contributed by atoms with Gasteiger partial charge in [-0.05, 0) is 35.2 Å². The Bertz CT molecular complexity index is 493. The monoisotopic (exact) mass is 292 g/mol. The maximum absolute atomic E-state index is 11.9. The van der Waals surface area contributed by atoms with E-state index in [0.717, 1.165) is 11.1 Å². The molecular formula is C10H16N2O2S3. The predicted molar refractivity (Wildman–Crippen MR) is 75.7 cm³/mol. The highest BCUT2D eigenvalue weighted by Gasteiger charge is 2.25. The molecule has 0 amide bonds. The third-order valence-corrected chi connectivity index (χ3v) is 5.72. The van der Waals surface area contributed by atoms with Gasteiger partial charge in [0.2, 0.25) is 10.0 Å².